The van der Waals surface area contributed by atoms with E-state index in [9.17, 15) is 0 Å². The van der Waals surface area contributed by atoms with Gasteiger partial charge >= 0.3 is 0 Å². The van der Waals surface area contributed by atoms with Gasteiger partial charge in [0, 0.05) is 52.9 Å². The van der Waals surface area contributed by atoms with Crippen LogP contribution < -0.4 is 10.6 Å². The van der Waals surface area contributed by atoms with Crippen LogP contribution in [-0.4, -0.2) is 75.7 Å². The number of guanidine groups is 1. The number of likely N-dealkylation sites (N-methyl/N-ethyl adjacent to an activating group) is 1. The number of rotatable bonds is 7. The summed E-state index contributed by atoms with van der Waals surface area (Å²) in [5.74, 6) is 2.30. The number of hydrogen-bond donors (Lipinski definition) is 2. The van der Waals surface area contributed by atoms with Crippen molar-refractivity contribution >= 4 is 29.9 Å². The van der Waals surface area contributed by atoms with Gasteiger partial charge in [0.25, 0.3) is 0 Å². The van der Waals surface area contributed by atoms with Gasteiger partial charge in [-0.3, -0.25) is 4.99 Å². The molecule has 1 saturated heterocycles. The van der Waals surface area contributed by atoms with Gasteiger partial charge in [-0.15, -0.1) is 24.0 Å². The van der Waals surface area contributed by atoms with Crippen LogP contribution in [0.2, 0.25) is 0 Å². The average Bonchev–Trinajstić information content (AvgIpc) is 2.44. The van der Waals surface area contributed by atoms with Crippen LogP contribution >= 0.6 is 24.0 Å². The van der Waals surface area contributed by atoms with Crippen LogP contribution in [0, 0.1) is 11.8 Å². The normalized spacial score (nSPS) is 18.9. The molecule has 1 aliphatic rings. The number of nitrogens with one attached hydrogen (secondary N) is 2. The van der Waals surface area contributed by atoms with Crippen molar-refractivity contribution in [3.8, 4) is 0 Å². The Morgan fingerprint density at radius 1 is 1.09 bits per heavy atom. The number of nitrogens with zero attached hydrogens (tertiary/aromatic N) is 3. The first-order valence-corrected chi connectivity index (χ1v) is 8.36. The van der Waals surface area contributed by atoms with Crippen molar-refractivity contribution < 1.29 is 0 Å². The monoisotopic (exact) mass is 425 g/mol. The molecule has 0 aromatic carbocycles. The molecule has 0 aromatic rings. The summed E-state index contributed by atoms with van der Waals surface area (Å²) in [4.78, 5) is 9.26. The number of aliphatic imine (C=N–C) groups is 1. The first-order valence-electron chi connectivity index (χ1n) is 8.36. The number of halogens is 1. The summed E-state index contributed by atoms with van der Waals surface area (Å²) in [7, 11) is 4.05. The molecule has 1 unspecified atom stereocenters. The summed E-state index contributed by atoms with van der Waals surface area (Å²) < 4.78 is 0. The molecule has 2 N–H and O–H groups in total. The maximum atomic E-state index is 4.29. The van der Waals surface area contributed by atoms with Gasteiger partial charge in [0.05, 0.1) is 0 Å². The molecule has 0 amide bonds. The molecule has 22 heavy (non-hydrogen) atoms. The minimum absolute atomic E-state index is 0. The van der Waals surface area contributed by atoms with Gasteiger partial charge < -0.3 is 20.4 Å². The molecule has 132 valence electrons. The van der Waals surface area contributed by atoms with E-state index in [1.165, 1.54) is 39.1 Å². The van der Waals surface area contributed by atoms with Crippen LogP contribution in [0.4, 0.5) is 0 Å². The summed E-state index contributed by atoms with van der Waals surface area (Å²) in [6.45, 7) is 14.7. The fourth-order valence-corrected chi connectivity index (χ4v) is 2.51. The fraction of sp³-hybridized carbons (Fsp3) is 0.938. The second kappa shape index (κ2) is 12.4. The van der Waals surface area contributed by atoms with Gasteiger partial charge in [-0.05, 0) is 25.3 Å². The molecule has 1 rings (SSSR count). The van der Waals surface area contributed by atoms with E-state index in [4.69, 9.17) is 0 Å². The molecule has 0 aliphatic carbocycles. The Morgan fingerprint density at radius 3 is 2.27 bits per heavy atom. The molecule has 1 aliphatic heterocycles. The summed E-state index contributed by atoms with van der Waals surface area (Å²) in [6, 6.07) is 0. The highest BCUT2D eigenvalue weighted by molar-refractivity contribution is 14.0. The molecule has 0 saturated carbocycles. The third-order valence-corrected chi connectivity index (χ3v) is 4.02. The van der Waals surface area contributed by atoms with Crippen molar-refractivity contribution in [3.05, 3.63) is 0 Å². The molecule has 5 nitrogen and oxygen atoms in total. The van der Waals surface area contributed by atoms with E-state index in [2.05, 4.69) is 53.2 Å². The van der Waals surface area contributed by atoms with E-state index in [1.807, 2.05) is 7.05 Å². The van der Waals surface area contributed by atoms with Gasteiger partial charge in [0.2, 0.25) is 0 Å². The van der Waals surface area contributed by atoms with Crippen LogP contribution in [0.3, 0.4) is 0 Å². The second-order valence-electron chi connectivity index (χ2n) is 6.77. The van der Waals surface area contributed by atoms with E-state index >= 15 is 0 Å². The van der Waals surface area contributed by atoms with E-state index in [0.29, 0.717) is 5.92 Å². The molecule has 1 fully saturated rings. The predicted octanol–water partition coefficient (Wildman–Crippen LogP) is 1.70. The largest absolute Gasteiger partial charge is 0.356 e. The Kier molecular flexibility index (Phi) is 12.3. The lowest BCUT2D eigenvalue weighted by Crippen LogP contribution is -2.47. The molecule has 0 aromatic heterocycles. The molecule has 0 bridgehead atoms. The minimum Gasteiger partial charge on any atom is -0.356 e. The molecular formula is C16H36IN5. The lowest BCUT2D eigenvalue weighted by Gasteiger charge is -2.34. The van der Waals surface area contributed by atoms with Gasteiger partial charge in [0.15, 0.2) is 5.96 Å². The lowest BCUT2D eigenvalue weighted by molar-refractivity contribution is 0.139. The number of hydrogen-bond acceptors (Lipinski definition) is 3. The lowest BCUT2D eigenvalue weighted by atomic mass is 10.1. The maximum Gasteiger partial charge on any atom is 0.190 e. The Labute approximate surface area is 154 Å². The Balaban J connectivity index is 0.00000441. The van der Waals surface area contributed by atoms with Gasteiger partial charge in [-0.25, -0.2) is 0 Å². The summed E-state index contributed by atoms with van der Waals surface area (Å²) in [5.41, 5.74) is 0. The first kappa shape index (κ1) is 21.9. The smallest absolute Gasteiger partial charge is 0.190 e. The Bertz CT molecular complexity index is 301. The van der Waals surface area contributed by atoms with Crippen molar-refractivity contribution in [2.75, 3.05) is 59.9 Å². The quantitative estimate of drug-likeness (QED) is 0.370. The Hall–Kier alpha value is -0.0800. The molecule has 0 spiro atoms. The molecular weight excluding hydrogens is 389 g/mol. The Morgan fingerprint density at radius 2 is 1.73 bits per heavy atom. The topological polar surface area (TPSA) is 42.9 Å². The zero-order valence-electron chi connectivity index (χ0n) is 15.1. The third kappa shape index (κ3) is 9.84. The molecule has 1 atom stereocenters. The minimum atomic E-state index is 0. The first-order chi connectivity index (χ1) is 10.0. The highest BCUT2D eigenvalue weighted by Crippen LogP contribution is 2.03. The average molecular weight is 425 g/mol. The van der Waals surface area contributed by atoms with Crippen molar-refractivity contribution in [3.63, 3.8) is 0 Å². The van der Waals surface area contributed by atoms with Gasteiger partial charge in [-0.2, -0.15) is 0 Å². The summed E-state index contributed by atoms with van der Waals surface area (Å²) in [6.07, 6.45) is 1.18. The van der Waals surface area contributed by atoms with E-state index in [-0.39, 0.29) is 24.0 Å². The zero-order chi connectivity index (χ0) is 15.7. The maximum absolute atomic E-state index is 4.29. The third-order valence-electron chi connectivity index (χ3n) is 4.02. The predicted molar refractivity (Wildman–Crippen MR) is 107 cm³/mol. The van der Waals surface area contributed by atoms with E-state index in [0.717, 1.165) is 25.0 Å². The molecule has 1 heterocycles. The zero-order valence-corrected chi connectivity index (χ0v) is 17.4. The van der Waals surface area contributed by atoms with Crippen molar-refractivity contribution in [1.29, 1.82) is 0 Å². The highest BCUT2D eigenvalue weighted by Gasteiger charge is 2.16. The van der Waals surface area contributed by atoms with E-state index in [1.54, 1.807) is 0 Å². The number of piperazine rings is 1. The molecule has 6 heteroatoms. The van der Waals surface area contributed by atoms with Crippen molar-refractivity contribution in [1.82, 2.24) is 20.4 Å². The SMILES string of the molecule is CN=C(NCCC(C)C)NCC(C)CN1CCN(C)CC1.I. The van der Waals surface area contributed by atoms with Crippen LogP contribution in [-0.2, 0) is 0 Å². The van der Waals surface area contributed by atoms with Crippen LogP contribution in [0.1, 0.15) is 27.2 Å². The van der Waals surface area contributed by atoms with Crippen LogP contribution in [0.25, 0.3) is 0 Å². The second-order valence-corrected chi connectivity index (χ2v) is 6.77. The van der Waals surface area contributed by atoms with Crippen LogP contribution in [0.5, 0.6) is 0 Å². The standard InChI is InChI=1S/C16H35N5.HI/c1-14(2)6-7-18-16(17-4)19-12-15(3)13-21-10-8-20(5)9-11-21;/h14-15H,6-13H2,1-5H3,(H2,17,18,19);1H. The van der Waals surface area contributed by atoms with E-state index < -0.39 is 0 Å². The van der Waals surface area contributed by atoms with Crippen molar-refractivity contribution in [2.45, 2.75) is 27.2 Å². The molecule has 0 radical (unpaired) electrons. The summed E-state index contributed by atoms with van der Waals surface area (Å²) in [5, 5.41) is 6.83. The van der Waals surface area contributed by atoms with Gasteiger partial charge in [0.1, 0.15) is 0 Å². The van der Waals surface area contributed by atoms with Crippen molar-refractivity contribution in [2.24, 2.45) is 16.8 Å². The summed E-state index contributed by atoms with van der Waals surface area (Å²) >= 11 is 0. The fourth-order valence-electron chi connectivity index (χ4n) is 2.51. The highest BCUT2D eigenvalue weighted by atomic mass is 127. The van der Waals surface area contributed by atoms with Gasteiger partial charge in [-0.1, -0.05) is 20.8 Å². The van der Waals surface area contributed by atoms with Crippen LogP contribution in [0.15, 0.2) is 4.99 Å².